The molecule has 0 atom stereocenters. The number of hydrogen-bond donors (Lipinski definition) is 1. The Bertz CT molecular complexity index is 487. The van der Waals surface area contributed by atoms with Crippen LogP contribution in [0.5, 0.6) is 11.6 Å². The van der Waals surface area contributed by atoms with Gasteiger partial charge >= 0.3 is 0 Å². The van der Waals surface area contributed by atoms with Crippen LogP contribution in [0.1, 0.15) is 0 Å². The third kappa shape index (κ3) is 1.22. The number of ether oxygens (including phenoxy) is 1. The van der Waals surface area contributed by atoms with Crippen LogP contribution in [0.25, 0.3) is 11.0 Å². The molecule has 0 amide bonds. The zero-order valence-corrected chi connectivity index (χ0v) is 7.36. The van der Waals surface area contributed by atoms with Crippen LogP contribution in [0.3, 0.4) is 0 Å². The SMILES string of the molecule is COc1cnc2ccc(F)c(O)c2n1. The number of hydrogen-bond acceptors (Lipinski definition) is 4. The number of phenols is 1. The molecule has 0 aliphatic heterocycles. The van der Waals surface area contributed by atoms with Gasteiger partial charge in [0.15, 0.2) is 11.6 Å². The van der Waals surface area contributed by atoms with Gasteiger partial charge in [-0.1, -0.05) is 0 Å². The first-order valence-electron chi connectivity index (χ1n) is 3.90. The number of methoxy groups -OCH3 is 1. The minimum absolute atomic E-state index is 0.101. The van der Waals surface area contributed by atoms with Crippen molar-refractivity contribution in [1.29, 1.82) is 0 Å². The molecule has 1 N–H and O–H groups in total. The highest BCUT2D eigenvalue weighted by Gasteiger charge is 2.08. The fourth-order valence-corrected chi connectivity index (χ4v) is 1.12. The number of aromatic nitrogens is 2. The number of benzene rings is 1. The van der Waals surface area contributed by atoms with Gasteiger partial charge in [0, 0.05) is 0 Å². The molecule has 1 heterocycles. The molecule has 2 rings (SSSR count). The topological polar surface area (TPSA) is 55.2 Å². The summed E-state index contributed by atoms with van der Waals surface area (Å²) >= 11 is 0. The lowest BCUT2D eigenvalue weighted by molar-refractivity contribution is 0.395. The zero-order chi connectivity index (χ0) is 10.1. The number of aromatic hydroxyl groups is 1. The summed E-state index contributed by atoms with van der Waals surface area (Å²) in [6.07, 6.45) is 1.40. The van der Waals surface area contributed by atoms with Crippen LogP contribution in [0.2, 0.25) is 0 Å². The van der Waals surface area contributed by atoms with E-state index in [-0.39, 0.29) is 11.4 Å². The minimum Gasteiger partial charge on any atom is -0.503 e. The van der Waals surface area contributed by atoms with Gasteiger partial charge in [-0.25, -0.2) is 14.4 Å². The number of phenolic OH excluding ortho intramolecular Hbond substituents is 1. The van der Waals surface area contributed by atoms with E-state index < -0.39 is 11.6 Å². The van der Waals surface area contributed by atoms with E-state index in [1.807, 2.05) is 0 Å². The molecule has 1 aromatic heterocycles. The predicted molar refractivity (Wildman–Crippen MR) is 47.7 cm³/mol. The number of fused-ring (bicyclic) bond motifs is 1. The molecule has 0 aliphatic rings. The van der Waals surface area contributed by atoms with Crippen LogP contribution >= 0.6 is 0 Å². The van der Waals surface area contributed by atoms with Gasteiger partial charge in [0.2, 0.25) is 5.88 Å². The summed E-state index contributed by atoms with van der Waals surface area (Å²) in [6, 6.07) is 2.58. The first-order valence-corrected chi connectivity index (χ1v) is 3.90. The van der Waals surface area contributed by atoms with Crippen molar-refractivity contribution in [1.82, 2.24) is 9.97 Å². The molecule has 0 saturated heterocycles. The largest absolute Gasteiger partial charge is 0.503 e. The van der Waals surface area contributed by atoms with E-state index in [4.69, 9.17) is 4.74 Å². The van der Waals surface area contributed by atoms with Gasteiger partial charge in [0.1, 0.15) is 5.52 Å². The number of rotatable bonds is 1. The fourth-order valence-electron chi connectivity index (χ4n) is 1.12. The molecule has 0 saturated carbocycles. The second kappa shape index (κ2) is 3.10. The number of nitrogens with zero attached hydrogens (tertiary/aromatic N) is 2. The highest BCUT2D eigenvalue weighted by atomic mass is 19.1. The highest BCUT2D eigenvalue weighted by Crippen LogP contribution is 2.25. The molecule has 2 aromatic rings. The molecule has 14 heavy (non-hydrogen) atoms. The molecule has 0 aliphatic carbocycles. The Morgan fingerprint density at radius 2 is 2.21 bits per heavy atom. The summed E-state index contributed by atoms with van der Waals surface area (Å²) in [5, 5.41) is 9.35. The van der Waals surface area contributed by atoms with Crippen molar-refractivity contribution in [2.24, 2.45) is 0 Å². The molecule has 4 nitrogen and oxygen atoms in total. The van der Waals surface area contributed by atoms with Crippen molar-refractivity contribution in [2.45, 2.75) is 0 Å². The molecular formula is C9H7FN2O2. The van der Waals surface area contributed by atoms with Crippen molar-refractivity contribution in [2.75, 3.05) is 7.11 Å². The van der Waals surface area contributed by atoms with E-state index >= 15 is 0 Å². The average molecular weight is 194 g/mol. The highest BCUT2D eigenvalue weighted by molar-refractivity contribution is 5.80. The Balaban J connectivity index is 2.78. The van der Waals surface area contributed by atoms with Crippen LogP contribution < -0.4 is 4.74 Å². The third-order valence-corrected chi connectivity index (χ3v) is 1.83. The Labute approximate surface area is 79.0 Å². The Kier molecular flexibility index (Phi) is 1.92. The lowest BCUT2D eigenvalue weighted by Crippen LogP contribution is -1.91. The van der Waals surface area contributed by atoms with E-state index in [1.165, 1.54) is 19.4 Å². The molecule has 0 radical (unpaired) electrons. The zero-order valence-electron chi connectivity index (χ0n) is 7.36. The molecule has 0 bridgehead atoms. The van der Waals surface area contributed by atoms with Crippen molar-refractivity contribution >= 4 is 11.0 Å². The van der Waals surface area contributed by atoms with Gasteiger partial charge in [-0.15, -0.1) is 0 Å². The van der Waals surface area contributed by atoms with Crippen molar-refractivity contribution in [3.05, 3.63) is 24.1 Å². The summed E-state index contributed by atoms with van der Waals surface area (Å²) < 4.78 is 17.7. The summed E-state index contributed by atoms with van der Waals surface area (Å²) in [4.78, 5) is 7.82. The minimum atomic E-state index is -0.722. The summed E-state index contributed by atoms with van der Waals surface area (Å²) in [7, 11) is 1.42. The lowest BCUT2D eigenvalue weighted by Gasteiger charge is -2.02. The second-order valence-electron chi connectivity index (χ2n) is 2.68. The molecule has 0 fully saturated rings. The second-order valence-corrected chi connectivity index (χ2v) is 2.68. The predicted octanol–water partition coefficient (Wildman–Crippen LogP) is 1.48. The molecule has 72 valence electrons. The van der Waals surface area contributed by atoms with Crippen LogP contribution in [0.4, 0.5) is 4.39 Å². The lowest BCUT2D eigenvalue weighted by atomic mass is 10.2. The Morgan fingerprint density at radius 1 is 1.43 bits per heavy atom. The Morgan fingerprint density at radius 3 is 2.93 bits per heavy atom. The van der Waals surface area contributed by atoms with Gasteiger partial charge in [0.05, 0.1) is 18.8 Å². The van der Waals surface area contributed by atoms with Crippen LogP contribution in [0, 0.1) is 5.82 Å². The van der Waals surface area contributed by atoms with Crippen LogP contribution in [-0.2, 0) is 0 Å². The van der Waals surface area contributed by atoms with E-state index in [2.05, 4.69) is 9.97 Å². The van der Waals surface area contributed by atoms with Crippen LogP contribution in [0.15, 0.2) is 18.3 Å². The molecule has 0 spiro atoms. The molecule has 0 unspecified atom stereocenters. The maximum atomic E-state index is 12.9. The molecule has 5 heteroatoms. The van der Waals surface area contributed by atoms with Gasteiger partial charge in [-0.05, 0) is 12.1 Å². The maximum absolute atomic E-state index is 12.9. The standard InChI is InChI=1S/C9H7FN2O2/c1-14-7-4-11-6-3-2-5(10)9(13)8(6)12-7/h2-4,13H,1H3. The first kappa shape index (κ1) is 8.68. The van der Waals surface area contributed by atoms with Gasteiger partial charge in [-0.3, -0.25) is 0 Å². The molecule has 1 aromatic carbocycles. The maximum Gasteiger partial charge on any atom is 0.232 e. The van der Waals surface area contributed by atoms with E-state index in [1.54, 1.807) is 0 Å². The van der Waals surface area contributed by atoms with Gasteiger partial charge in [0.25, 0.3) is 0 Å². The van der Waals surface area contributed by atoms with Crippen molar-refractivity contribution in [3.8, 4) is 11.6 Å². The normalized spacial score (nSPS) is 10.4. The smallest absolute Gasteiger partial charge is 0.232 e. The van der Waals surface area contributed by atoms with E-state index in [0.29, 0.717) is 5.52 Å². The van der Waals surface area contributed by atoms with Crippen molar-refractivity contribution < 1.29 is 14.2 Å². The monoisotopic (exact) mass is 194 g/mol. The van der Waals surface area contributed by atoms with E-state index in [9.17, 15) is 9.50 Å². The third-order valence-electron chi connectivity index (χ3n) is 1.83. The quantitative estimate of drug-likeness (QED) is 0.747. The molecular weight excluding hydrogens is 187 g/mol. The average Bonchev–Trinajstić information content (AvgIpc) is 2.23. The van der Waals surface area contributed by atoms with Crippen molar-refractivity contribution in [3.63, 3.8) is 0 Å². The van der Waals surface area contributed by atoms with Gasteiger partial charge < -0.3 is 9.84 Å². The first-order chi connectivity index (χ1) is 6.72. The summed E-state index contributed by atoms with van der Waals surface area (Å²) in [5.41, 5.74) is 0.522. The van der Waals surface area contributed by atoms with Crippen LogP contribution in [-0.4, -0.2) is 22.2 Å². The summed E-state index contributed by atoms with van der Waals surface area (Å²) in [5.74, 6) is -0.993. The summed E-state index contributed by atoms with van der Waals surface area (Å²) in [6.45, 7) is 0. The number of halogens is 1. The van der Waals surface area contributed by atoms with E-state index in [0.717, 1.165) is 6.07 Å². The van der Waals surface area contributed by atoms with Gasteiger partial charge in [-0.2, -0.15) is 0 Å². The fraction of sp³-hybridized carbons (Fsp3) is 0.111. The Hall–Kier alpha value is -1.91.